The van der Waals surface area contributed by atoms with Gasteiger partial charge in [-0.1, -0.05) is 13.0 Å². The van der Waals surface area contributed by atoms with Gasteiger partial charge in [-0.25, -0.2) is 0 Å². The first-order valence-corrected chi connectivity index (χ1v) is 11.0. The molecule has 0 spiro atoms. The maximum atomic E-state index is 11.6. The lowest BCUT2D eigenvalue weighted by atomic mass is 9.53. The number of aliphatic hydroxyl groups excluding tert-OH is 1. The fraction of sp³-hybridized carbons (Fsp3) is 0.708. The highest BCUT2D eigenvalue weighted by atomic mass is 16.5. The monoisotopic (exact) mass is 385 g/mol. The van der Waals surface area contributed by atoms with Crippen LogP contribution in [0.3, 0.4) is 0 Å². The quantitative estimate of drug-likeness (QED) is 0.804. The topological polar surface area (TPSA) is 58.6 Å². The van der Waals surface area contributed by atoms with E-state index < -0.39 is 0 Å². The predicted molar refractivity (Wildman–Crippen MR) is 110 cm³/mol. The zero-order valence-electron chi connectivity index (χ0n) is 17.5. The molecule has 28 heavy (non-hydrogen) atoms. The van der Waals surface area contributed by atoms with Crippen LogP contribution in [0.2, 0.25) is 0 Å². The number of carbonyl (C=O) groups excluding carboxylic acids is 1. The number of amides is 1. The second-order valence-corrected chi connectivity index (χ2v) is 9.52. The Morgan fingerprint density at radius 3 is 2.93 bits per heavy atom. The minimum atomic E-state index is -0.194. The molecule has 2 N–H and O–H groups in total. The second-order valence-electron chi connectivity index (χ2n) is 9.52. The number of aryl methyl sites for hydroxylation is 1. The molecule has 3 aliphatic carbocycles. The smallest absolute Gasteiger partial charge is 0.219 e. The molecule has 3 aliphatic rings. The predicted octanol–water partition coefficient (Wildman–Crippen LogP) is 4.05. The van der Waals surface area contributed by atoms with Gasteiger partial charge >= 0.3 is 0 Å². The molecule has 4 nitrogen and oxygen atoms in total. The molecule has 1 aromatic carbocycles. The van der Waals surface area contributed by atoms with Crippen molar-refractivity contribution in [1.29, 1.82) is 0 Å². The van der Waals surface area contributed by atoms with Gasteiger partial charge in [0.15, 0.2) is 0 Å². The van der Waals surface area contributed by atoms with Crippen molar-refractivity contribution in [3.8, 4) is 5.75 Å². The summed E-state index contributed by atoms with van der Waals surface area (Å²) in [4.78, 5) is 11.6. The molecular weight excluding hydrogens is 350 g/mol. The van der Waals surface area contributed by atoms with Crippen molar-refractivity contribution < 1.29 is 14.6 Å². The van der Waals surface area contributed by atoms with Crippen LogP contribution in [0.1, 0.15) is 68.9 Å². The van der Waals surface area contributed by atoms with Crippen molar-refractivity contribution in [3.05, 3.63) is 29.3 Å². The van der Waals surface area contributed by atoms with E-state index in [-0.39, 0.29) is 17.4 Å². The summed E-state index contributed by atoms with van der Waals surface area (Å²) in [6.07, 6.45) is 7.91. The average molecular weight is 386 g/mol. The summed E-state index contributed by atoms with van der Waals surface area (Å²) in [6.45, 7) is 2.33. The van der Waals surface area contributed by atoms with E-state index in [0.717, 1.165) is 37.9 Å². The number of methoxy groups -OCH3 is 1. The van der Waals surface area contributed by atoms with Crippen molar-refractivity contribution in [2.24, 2.45) is 23.2 Å². The van der Waals surface area contributed by atoms with Gasteiger partial charge in [-0.2, -0.15) is 0 Å². The van der Waals surface area contributed by atoms with Crippen LogP contribution in [-0.2, 0) is 11.2 Å². The van der Waals surface area contributed by atoms with Crippen molar-refractivity contribution in [2.45, 2.75) is 70.3 Å². The highest BCUT2D eigenvalue weighted by Crippen LogP contribution is 2.63. The van der Waals surface area contributed by atoms with Crippen molar-refractivity contribution in [2.75, 3.05) is 14.2 Å². The largest absolute Gasteiger partial charge is 0.497 e. The Morgan fingerprint density at radius 1 is 1.36 bits per heavy atom. The first kappa shape index (κ1) is 19.8. The minimum Gasteiger partial charge on any atom is -0.497 e. The van der Waals surface area contributed by atoms with E-state index in [2.05, 4.69) is 30.4 Å². The second kappa shape index (κ2) is 7.70. The van der Waals surface area contributed by atoms with Gasteiger partial charge in [-0.15, -0.1) is 0 Å². The number of fused-ring (bicyclic) bond motifs is 5. The van der Waals surface area contributed by atoms with Gasteiger partial charge in [0.25, 0.3) is 0 Å². The maximum absolute atomic E-state index is 11.6. The summed E-state index contributed by atoms with van der Waals surface area (Å²) in [5.74, 6) is 3.46. The Kier molecular flexibility index (Phi) is 5.43. The van der Waals surface area contributed by atoms with E-state index in [4.69, 9.17) is 4.74 Å². The molecule has 4 rings (SSSR count). The number of hydrogen-bond donors (Lipinski definition) is 2. The average Bonchev–Trinajstić information content (AvgIpc) is 2.97. The lowest BCUT2D eigenvalue weighted by Gasteiger charge is -2.51. The third-order valence-corrected chi connectivity index (χ3v) is 8.28. The molecule has 1 aromatic rings. The van der Waals surface area contributed by atoms with Crippen LogP contribution in [0.15, 0.2) is 18.2 Å². The summed E-state index contributed by atoms with van der Waals surface area (Å²) in [7, 11) is 3.45. The number of benzene rings is 1. The molecule has 2 fully saturated rings. The molecular formula is C24H35NO3. The van der Waals surface area contributed by atoms with Crippen molar-refractivity contribution >= 4 is 5.91 Å². The van der Waals surface area contributed by atoms with Crippen molar-refractivity contribution in [1.82, 2.24) is 5.32 Å². The number of carbonyl (C=O) groups is 1. The van der Waals surface area contributed by atoms with Crippen LogP contribution in [0.25, 0.3) is 0 Å². The highest BCUT2D eigenvalue weighted by molar-refractivity contribution is 5.75. The van der Waals surface area contributed by atoms with E-state index in [1.807, 2.05) is 0 Å². The van der Waals surface area contributed by atoms with Crippen LogP contribution in [0.5, 0.6) is 5.75 Å². The lowest BCUT2D eigenvalue weighted by molar-refractivity contribution is -0.120. The SMILES string of the molecule is CNC(=O)CCC[C@@H]1CC(O)[C@@]2(C)CC[C@@H]3c4ccc(OC)cc4CC[C@H]3[C@H]12. The standard InChI is InChI=1S/C24H35NO3/c1-24-12-11-19-18-10-8-17(28-3)13-15(18)7-9-20(19)23(24)16(14-21(24)26)5-4-6-22(27)25-2/h8,10,13,16,19-21,23,26H,4-7,9,11-12,14H2,1-3H3,(H,25,27)/t16-,19-,20-,21?,23+,24-/m1/s1. The van der Waals surface area contributed by atoms with E-state index in [9.17, 15) is 9.90 Å². The van der Waals surface area contributed by atoms with Crippen LogP contribution in [0.4, 0.5) is 0 Å². The number of ether oxygens (including phenoxy) is 1. The molecule has 0 heterocycles. The van der Waals surface area contributed by atoms with Crippen LogP contribution < -0.4 is 10.1 Å². The fourth-order valence-electron chi connectivity index (χ4n) is 6.89. The molecule has 0 bridgehead atoms. The molecule has 154 valence electrons. The molecule has 4 heteroatoms. The molecule has 2 saturated carbocycles. The summed E-state index contributed by atoms with van der Waals surface area (Å²) >= 11 is 0. The minimum absolute atomic E-state index is 0.0445. The van der Waals surface area contributed by atoms with Crippen LogP contribution in [0, 0.1) is 23.2 Å². The molecule has 6 atom stereocenters. The Morgan fingerprint density at radius 2 is 2.18 bits per heavy atom. The van der Waals surface area contributed by atoms with Gasteiger partial charge in [-0.05, 0) is 97.3 Å². The summed E-state index contributed by atoms with van der Waals surface area (Å²) in [5.41, 5.74) is 3.02. The summed E-state index contributed by atoms with van der Waals surface area (Å²) in [6, 6.07) is 6.63. The Labute approximate surface area is 169 Å². The Hall–Kier alpha value is -1.55. The van der Waals surface area contributed by atoms with Gasteiger partial charge in [0, 0.05) is 13.5 Å². The highest BCUT2D eigenvalue weighted by Gasteiger charge is 2.58. The maximum Gasteiger partial charge on any atom is 0.219 e. The molecule has 0 saturated heterocycles. The lowest BCUT2D eigenvalue weighted by Crippen LogP contribution is -2.45. The first-order valence-electron chi connectivity index (χ1n) is 11.0. The van der Waals surface area contributed by atoms with E-state index in [1.165, 1.54) is 24.0 Å². The Bertz CT molecular complexity index is 733. The van der Waals surface area contributed by atoms with Gasteiger partial charge in [0.05, 0.1) is 13.2 Å². The number of aliphatic hydroxyl groups is 1. The van der Waals surface area contributed by atoms with E-state index >= 15 is 0 Å². The van der Waals surface area contributed by atoms with Gasteiger partial charge < -0.3 is 15.2 Å². The zero-order valence-corrected chi connectivity index (χ0v) is 17.5. The summed E-state index contributed by atoms with van der Waals surface area (Å²) < 4.78 is 5.44. The van der Waals surface area contributed by atoms with Gasteiger partial charge in [-0.3, -0.25) is 4.79 Å². The van der Waals surface area contributed by atoms with Crippen LogP contribution in [-0.4, -0.2) is 31.3 Å². The normalized spacial score (nSPS) is 36.2. The first-order chi connectivity index (χ1) is 13.5. The Balaban J connectivity index is 1.56. The summed E-state index contributed by atoms with van der Waals surface area (Å²) in [5, 5.41) is 13.7. The molecule has 1 amide bonds. The van der Waals surface area contributed by atoms with E-state index in [0.29, 0.717) is 30.1 Å². The van der Waals surface area contributed by atoms with Gasteiger partial charge in [0.2, 0.25) is 5.91 Å². The molecule has 0 aliphatic heterocycles. The van der Waals surface area contributed by atoms with Crippen LogP contribution >= 0.6 is 0 Å². The number of rotatable bonds is 5. The molecule has 1 unspecified atom stereocenters. The molecule has 0 radical (unpaired) electrons. The third-order valence-electron chi connectivity index (χ3n) is 8.28. The zero-order chi connectivity index (χ0) is 19.9. The third kappa shape index (κ3) is 3.24. The fourth-order valence-corrected chi connectivity index (χ4v) is 6.89. The van der Waals surface area contributed by atoms with Gasteiger partial charge in [0.1, 0.15) is 5.75 Å². The molecule has 0 aromatic heterocycles. The van der Waals surface area contributed by atoms with Crippen molar-refractivity contribution in [3.63, 3.8) is 0 Å². The number of hydrogen-bond acceptors (Lipinski definition) is 3. The van der Waals surface area contributed by atoms with E-state index in [1.54, 1.807) is 14.2 Å². The number of nitrogens with one attached hydrogen (secondary N) is 1.